The number of esters is 1. The zero-order valence-electron chi connectivity index (χ0n) is 14.5. The minimum Gasteiger partial charge on any atom is -0.462 e. The fourth-order valence-corrected chi connectivity index (χ4v) is 4.77. The van der Waals surface area contributed by atoms with Crippen LogP contribution in [0.4, 0.5) is 0 Å². The highest BCUT2D eigenvalue weighted by atomic mass is 32.2. The van der Waals surface area contributed by atoms with Crippen molar-refractivity contribution >= 4 is 16.0 Å². The monoisotopic (exact) mass is 354 g/mol. The number of nitrogens with zero attached hydrogens (tertiary/aromatic N) is 1. The van der Waals surface area contributed by atoms with Gasteiger partial charge in [-0.15, -0.1) is 0 Å². The van der Waals surface area contributed by atoms with Gasteiger partial charge in [-0.3, -0.25) is 0 Å². The molecule has 0 aromatic heterocycles. The van der Waals surface area contributed by atoms with Crippen molar-refractivity contribution in [3.8, 4) is 0 Å². The normalized spacial score (nSPS) is 20.6. The summed E-state index contributed by atoms with van der Waals surface area (Å²) in [5.74, 6) is -0.358. The molecule has 1 saturated heterocycles. The van der Waals surface area contributed by atoms with Gasteiger partial charge in [0.2, 0.25) is 10.0 Å². The van der Waals surface area contributed by atoms with Gasteiger partial charge in [-0.1, -0.05) is 6.07 Å². The largest absolute Gasteiger partial charge is 0.462 e. The zero-order chi connectivity index (χ0) is 17.9. The van der Waals surface area contributed by atoms with Crippen molar-refractivity contribution in [3.63, 3.8) is 0 Å². The van der Waals surface area contributed by atoms with Crippen molar-refractivity contribution in [1.29, 1.82) is 0 Å². The molecule has 1 aliphatic heterocycles. The molecule has 1 fully saturated rings. The first-order valence-electron chi connectivity index (χ1n) is 8.31. The second-order valence-electron chi connectivity index (χ2n) is 6.33. The van der Waals surface area contributed by atoms with Crippen LogP contribution in [0, 0.1) is 12.8 Å². The van der Waals surface area contributed by atoms with E-state index in [4.69, 9.17) is 10.5 Å². The lowest BCUT2D eigenvalue weighted by Crippen LogP contribution is -2.45. The van der Waals surface area contributed by atoms with Gasteiger partial charge < -0.3 is 10.5 Å². The van der Waals surface area contributed by atoms with Gasteiger partial charge in [-0.25, -0.2) is 13.2 Å². The molecular formula is C17H26N2O4S. The number of sulfonamides is 1. The lowest BCUT2D eigenvalue weighted by Gasteiger charge is -2.34. The van der Waals surface area contributed by atoms with E-state index < -0.39 is 16.0 Å². The van der Waals surface area contributed by atoms with Crippen LogP contribution in [0.2, 0.25) is 0 Å². The van der Waals surface area contributed by atoms with E-state index in [1.807, 2.05) is 6.92 Å². The van der Waals surface area contributed by atoms with Crippen LogP contribution in [-0.2, 0) is 14.8 Å². The van der Waals surface area contributed by atoms with Crippen molar-refractivity contribution in [2.45, 2.75) is 44.6 Å². The van der Waals surface area contributed by atoms with Crippen molar-refractivity contribution in [2.24, 2.45) is 11.7 Å². The number of carbonyl (C=O) groups excluding carboxylic acids is 1. The molecule has 24 heavy (non-hydrogen) atoms. The van der Waals surface area contributed by atoms with Crippen molar-refractivity contribution in [1.82, 2.24) is 4.31 Å². The summed E-state index contributed by atoms with van der Waals surface area (Å²) in [5.41, 5.74) is 6.82. The summed E-state index contributed by atoms with van der Waals surface area (Å²) in [5, 5.41) is 0. The van der Waals surface area contributed by atoms with Gasteiger partial charge >= 0.3 is 5.97 Å². The molecule has 0 saturated carbocycles. The van der Waals surface area contributed by atoms with E-state index in [2.05, 4.69) is 0 Å². The molecule has 2 rings (SSSR count). The van der Waals surface area contributed by atoms with E-state index in [0.717, 1.165) is 12.8 Å². The maximum Gasteiger partial charge on any atom is 0.338 e. The molecule has 134 valence electrons. The second-order valence-corrected chi connectivity index (χ2v) is 8.23. The molecule has 0 radical (unpaired) electrons. The van der Waals surface area contributed by atoms with Crippen LogP contribution in [0.25, 0.3) is 0 Å². The number of piperidine rings is 1. The van der Waals surface area contributed by atoms with Crippen LogP contribution in [0.3, 0.4) is 0 Å². The maximum atomic E-state index is 13.0. The number of rotatable bonds is 5. The molecule has 1 aromatic rings. The first kappa shape index (κ1) is 18.9. The summed E-state index contributed by atoms with van der Waals surface area (Å²) in [6, 6.07) is 4.60. The smallest absolute Gasteiger partial charge is 0.338 e. The van der Waals surface area contributed by atoms with E-state index in [-0.39, 0.29) is 29.0 Å². The first-order chi connectivity index (χ1) is 11.3. The lowest BCUT2D eigenvalue weighted by atomic mass is 9.93. The van der Waals surface area contributed by atoms with Crippen LogP contribution >= 0.6 is 0 Å². The van der Waals surface area contributed by atoms with Crippen LogP contribution in [0.1, 0.15) is 42.6 Å². The van der Waals surface area contributed by atoms with Gasteiger partial charge in [0.25, 0.3) is 0 Å². The quantitative estimate of drug-likeness (QED) is 0.816. The standard InChI is InChI=1S/C17H26N2O4S/c1-4-23-17(20)14-8-7-12(2)16(10-14)24(21,22)19-9-5-6-15(11-19)13(3)18/h7-8,10,13,15H,4-6,9,11,18H2,1-3H3. The maximum absolute atomic E-state index is 13.0. The zero-order valence-corrected chi connectivity index (χ0v) is 15.3. The van der Waals surface area contributed by atoms with Gasteiger partial charge in [-0.2, -0.15) is 4.31 Å². The molecule has 6 nitrogen and oxygen atoms in total. The summed E-state index contributed by atoms with van der Waals surface area (Å²) in [4.78, 5) is 12.1. The number of hydrogen-bond acceptors (Lipinski definition) is 5. The highest BCUT2D eigenvalue weighted by Gasteiger charge is 2.32. The molecule has 0 aliphatic carbocycles. The van der Waals surface area contributed by atoms with E-state index >= 15 is 0 Å². The number of aryl methyl sites for hydroxylation is 1. The number of ether oxygens (including phenoxy) is 1. The molecule has 0 amide bonds. The number of benzene rings is 1. The summed E-state index contributed by atoms with van der Waals surface area (Å²) in [6.45, 7) is 6.50. The Kier molecular flexibility index (Phi) is 6.01. The van der Waals surface area contributed by atoms with Gasteiger partial charge in [0.05, 0.1) is 17.1 Å². The minimum absolute atomic E-state index is 0.0463. The van der Waals surface area contributed by atoms with Gasteiger partial charge in [0.1, 0.15) is 0 Å². The third kappa shape index (κ3) is 3.96. The van der Waals surface area contributed by atoms with Crippen LogP contribution in [0.15, 0.2) is 23.1 Å². The van der Waals surface area contributed by atoms with Crippen LogP contribution in [-0.4, -0.2) is 44.4 Å². The van der Waals surface area contributed by atoms with Crippen LogP contribution in [0.5, 0.6) is 0 Å². The summed E-state index contributed by atoms with van der Waals surface area (Å²) >= 11 is 0. The summed E-state index contributed by atoms with van der Waals surface area (Å²) in [7, 11) is -3.66. The van der Waals surface area contributed by atoms with E-state index in [1.165, 1.54) is 10.4 Å². The van der Waals surface area contributed by atoms with Crippen molar-refractivity contribution < 1.29 is 17.9 Å². The lowest BCUT2D eigenvalue weighted by molar-refractivity contribution is 0.0526. The van der Waals surface area contributed by atoms with Gasteiger partial charge in [-0.05, 0) is 57.2 Å². The Balaban J connectivity index is 2.34. The number of hydrogen-bond donors (Lipinski definition) is 1. The van der Waals surface area contributed by atoms with Gasteiger partial charge in [0.15, 0.2) is 0 Å². The Bertz CT molecular complexity index is 701. The third-order valence-corrected chi connectivity index (χ3v) is 6.49. The highest BCUT2D eigenvalue weighted by Crippen LogP contribution is 2.27. The Morgan fingerprint density at radius 3 is 2.79 bits per heavy atom. The molecule has 2 unspecified atom stereocenters. The molecule has 1 aliphatic rings. The molecule has 0 bridgehead atoms. The fourth-order valence-electron chi connectivity index (χ4n) is 2.98. The van der Waals surface area contributed by atoms with E-state index in [0.29, 0.717) is 18.7 Å². The Morgan fingerprint density at radius 1 is 1.46 bits per heavy atom. The fraction of sp³-hybridized carbons (Fsp3) is 0.588. The Labute approximate surface area is 144 Å². The molecule has 2 atom stereocenters. The third-order valence-electron chi connectivity index (χ3n) is 4.48. The molecule has 2 N–H and O–H groups in total. The average molecular weight is 354 g/mol. The molecule has 1 aromatic carbocycles. The molecule has 7 heteroatoms. The van der Waals surface area contributed by atoms with E-state index in [1.54, 1.807) is 26.0 Å². The minimum atomic E-state index is -3.66. The SMILES string of the molecule is CCOC(=O)c1ccc(C)c(S(=O)(=O)N2CCCC(C(C)N)C2)c1. The van der Waals surface area contributed by atoms with Crippen molar-refractivity contribution in [3.05, 3.63) is 29.3 Å². The first-order valence-corrected chi connectivity index (χ1v) is 9.75. The van der Waals surface area contributed by atoms with Crippen molar-refractivity contribution in [2.75, 3.05) is 19.7 Å². The van der Waals surface area contributed by atoms with E-state index in [9.17, 15) is 13.2 Å². The average Bonchev–Trinajstić information content (AvgIpc) is 2.55. The number of carbonyl (C=O) groups is 1. The topological polar surface area (TPSA) is 89.7 Å². The summed E-state index contributed by atoms with van der Waals surface area (Å²) in [6.07, 6.45) is 1.73. The number of nitrogens with two attached hydrogens (primary N) is 1. The Morgan fingerprint density at radius 2 is 2.17 bits per heavy atom. The molecular weight excluding hydrogens is 328 g/mol. The highest BCUT2D eigenvalue weighted by molar-refractivity contribution is 7.89. The predicted molar refractivity (Wildman–Crippen MR) is 92.3 cm³/mol. The molecule has 1 heterocycles. The second kappa shape index (κ2) is 7.63. The van der Waals surface area contributed by atoms with Gasteiger partial charge in [0, 0.05) is 19.1 Å². The molecule has 0 spiro atoms. The Hall–Kier alpha value is -1.44. The predicted octanol–water partition coefficient (Wildman–Crippen LogP) is 1.92. The van der Waals surface area contributed by atoms with Crippen LogP contribution < -0.4 is 5.73 Å². The summed E-state index contributed by atoms with van der Waals surface area (Å²) < 4.78 is 32.5.